The van der Waals surface area contributed by atoms with Crippen molar-refractivity contribution in [2.75, 3.05) is 23.8 Å². The number of ether oxygens (including phenoxy) is 1. The number of halogens is 3. The zero-order valence-electron chi connectivity index (χ0n) is 23.4. The molecule has 1 aliphatic heterocycles. The highest BCUT2D eigenvalue weighted by Gasteiger charge is 2.27. The van der Waals surface area contributed by atoms with Crippen molar-refractivity contribution < 1.29 is 32.6 Å². The summed E-state index contributed by atoms with van der Waals surface area (Å²) in [6.07, 6.45) is -10.6. The van der Waals surface area contributed by atoms with Gasteiger partial charge in [0, 0.05) is 33.0 Å². The maximum Gasteiger partial charge on any atom is 0.224 e. The van der Waals surface area contributed by atoms with E-state index < -0.39 is 72.8 Å². The summed E-state index contributed by atoms with van der Waals surface area (Å²) < 4.78 is 107. The zero-order valence-corrected chi connectivity index (χ0v) is 16.4. The first kappa shape index (κ1) is 14.3. The average Bonchev–Trinajstić information content (AvgIpc) is 3.51. The number of rotatable bonds is 5. The minimum atomic E-state index is -3.18. The number of hydrogen-bond acceptors (Lipinski definition) is 7. The topological polar surface area (TPSA) is 97.1 Å². The number of anilines is 3. The summed E-state index contributed by atoms with van der Waals surface area (Å²) in [5.74, 6) is -4.03. The van der Waals surface area contributed by atoms with E-state index in [4.69, 9.17) is 14.3 Å². The number of fused-ring (bicyclic) bond motifs is 1. The summed E-state index contributed by atoms with van der Waals surface area (Å²) in [5, 5.41) is 15.0. The Morgan fingerprint density at radius 3 is 2.75 bits per heavy atom. The molecule has 0 bridgehead atoms. The molecule has 3 N–H and O–H groups in total. The first-order chi connectivity index (χ1) is 18.2. The van der Waals surface area contributed by atoms with Crippen LogP contribution in [-0.2, 0) is 4.74 Å². The fourth-order valence-electron chi connectivity index (χ4n) is 3.51. The Hall–Kier alpha value is -2.92. The molecule has 3 heterocycles. The molecule has 32 heavy (non-hydrogen) atoms. The Bertz CT molecular complexity index is 1400. The van der Waals surface area contributed by atoms with Crippen molar-refractivity contribution in [3.8, 4) is 0 Å². The van der Waals surface area contributed by atoms with E-state index in [1.54, 1.807) is 0 Å². The van der Waals surface area contributed by atoms with Crippen LogP contribution in [0.5, 0.6) is 0 Å². The number of aliphatic hydroxyl groups is 1. The maximum absolute atomic E-state index is 14.4. The van der Waals surface area contributed by atoms with Crippen LogP contribution in [-0.4, -0.2) is 50.0 Å². The SMILES string of the molecule is [2H]C1C(O)C([2H])([2H])C([2H])([2H])C([2H])(Nc2ncc3nc(Nc4c(F)cc(F)cc4F)n(C4CCOC4)c3n2)C1[2H]. The Labute approximate surface area is 191 Å². The number of imidazole rings is 1. The first-order valence-electron chi connectivity index (χ1n) is 13.4. The second-order valence-corrected chi connectivity index (χ2v) is 7.21. The molecule has 0 radical (unpaired) electrons. The van der Waals surface area contributed by atoms with E-state index in [1.165, 1.54) is 10.8 Å². The van der Waals surface area contributed by atoms with Gasteiger partial charge in [-0.15, -0.1) is 0 Å². The molecule has 5 atom stereocenters. The summed E-state index contributed by atoms with van der Waals surface area (Å²) in [6, 6.07) is -2.24. The second-order valence-electron chi connectivity index (χ2n) is 7.21. The lowest BCUT2D eigenvalue weighted by Crippen LogP contribution is -2.29. The van der Waals surface area contributed by atoms with Gasteiger partial charge in [-0.3, -0.25) is 4.57 Å². The van der Waals surface area contributed by atoms with Crippen molar-refractivity contribution >= 4 is 28.7 Å². The van der Waals surface area contributed by atoms with Crippen LogP contribution in [0, 0.1) is 17.5 Å². The van der Waals surface area contributed by atoms with Gasteiger partial charge in [0.2, 0.25) is 11.9 Å². The fraction of sp³-hybridized carbons (Fsp3) is 0.476. The van der Waals surface area contributed by atoms with Crippen molar-refractivity contribution in [3.63, 3.8) is 0 Å². The third-order valence-electron chi connectivity index (χ3n) is 4.99. The Balaban J connectivity index is 1.59. The Morgan fingerprint density at radius 2 is 2.00 bits per heavy atom. The first-order valence-corrected chi connectivity index (χ1v) is 9.74. The third-order valence-corrected chi connectivity index (χ3v) is 4.99. The smallest absolute Gasteiger partial charge is 0.224 e. The summed E-state index contributed by atoms with van der Waals surface area (Å²) in [5.41, 5.74) is -0.478. The molecule has 8 nitrogen and oxygen atoms in total. The van der Waals surface area contributed by atoms with Crippen molar-refractivity contribution in [1.29, 1.82) is 0 Å². The van der Waals surface area contributed by atoms with Crippen molar-refractivity contribution in [2.24, 2.45) is 0 Å². The van der Waals surface area contributed by atoms with Crippen LogP contribution >= 0.6 is 0 Å². The van der Waals surface area contributed by atoms with Crippen LogP contribution in [0.15, 0.2) is 18.3 Å². The third kappa shape index (κ3) is 4.09. The molecule has 0 spiro atoms. The number of hydrogen-bond donors (Lipinski definition) is 3. The molecule has 5 rings (SSSR count). The van der Waals surface area contributed by atoms with Crippen LogP contribution in [0.1, 0.15) is 47.6 Å². The van der Waals surface area contributed by atoms with Crippen molar-refractivity contribution in [3.05, 3.63) is 35.8 Å². The predicted molar refractivity (Wildman–Crippen MR) is 111 cm³/mol. The standard InChI is InChI=1S/C21H23F3N6O2/c22-11-7-15(23)18(16(24)8-11)28-21-27-17-9-25-20(26-12-1-3-14(31)4-2-12)29-19(17)30(21)13-5-6-32-10-13/h7-9,12-14,31H,1-6,10H2,(H,27,28)(H,25,26,29)/i1D,2D2,3D,4D2,12D. The van der Waals surface area contributed by atoms with E-state index in [9.17, 15) is 18.3 Å². The van der Waals surface area contributed by atoms with E-state index in [1.807, 2.05) is 0 Å². The maximum atomic E-state index is 14.4. The van der Waals surface area contributed by atoms with Crippen molar-refractivity contribution in [2.45, 2.75) is 50.1 Å². The molecule has 2 fully saturated rings. The van der Waals surface area contributed by atoms with Gasteiger partial charge in [0.25, 0.3) is 0 Å². The summed E-state index contributed by atoms with van der Waals surface area (Å²) in [6.45, 7) is 0.539. The van der Waals surface area contributed by atoms with Gasteiger partial charge in [0.1, 0.15) is 17.0 Å². The Morgan fingerprint density at radius 1 is 1.19 bits per heavy atom. The highest BCUT2D eigenvalue weighted by molar-refractivity contribution is 5.76. The lowest BCUT2D eigenvalue weighted by molar-refractivity contribution is 0.126. The van der Waals surface area contributed by atoms with Crippen LogP contribution in [0.2, 0.25) is 0 Å². The second kappa shape index (κ2) is 8.55. The van der Waals surface area contributed by atoms with Gasteiger partial charge in [-0.2, -0.15) is 4.98 Å². The lowest BCUT2D eigenvalue weighted by Gasteiger charge is -2.26. The number of benzene rings is 1. The zero-order chi connectivity index (χ0) is 28.5. The molecule has 2 aliphatic rings. The normalized spacial score (nSPS) is 36.8. The van der Waals surface area contributed by atoms with Crippen LogP contribution in [0.25, 0.3) is 11.2 Å². The number of aromatic nitrogens is 4. The average molecular weight is 455 g/mol. The number of nitrogens with one attached hydrogen (secondary N) is 2. The van der Waals surface area contributed by atoms with E-state index >= 15 is 0 Å². The molecular formula is C21H23F3N6O2. The highest BCUT2D eigenvalue weighted by Crippen LogP contribution is 2.32. The Kier molecular flexibility index (Phi) is 3.81. The highest BCUT2D eigenvalue weighted by atomic mass is 19.1. The summed E-state index contributed by atoms with van der Waals surface area (Å²) in [7, 11) is 0. The molecule has 5 unspecified atom stereocenters. The molecule has 1 aromatic carbocycles. The van der Waals surface area contributed by atoms with Gasteiger partial charge in [-0.1, -0.05) is 0 Å². The van der Waals surface area contributed by atoms with Crippen LogP contribution in [0.4, 0.5) is 30.8 Å². The summed E-state index contributed by atoms with van der Waals surface area (Å²) in [4.78, 5) is 12.6. The van der Waals surface area contributed by atoms with Gasteiger partial charge < -0.3 is 20.5 Å². The van der Waals surface area contributed by atoms with Gasteiger partial charge >= 0.3 is 0 Å². The molecule has 2 aromatic heterocycles. The summed E-state index contributed by atoms with van der Waals surface area (Å²) >= 11 is 0. The van der Waals surface area contributed by atoms with E-state index in [2.05, 4.69) is 25.6 Å². The molecule has 3 aromatic rings. The van der Waals surface area contributed by atoms with Gasteiger partial charge in [0.15, 0.2) is 17.3 Å². The van der Waals surface area contributed by atoms with Crippen LogP contribution < -0.4 is 10.6 Å². The molecule has 0 amide bonds. The van der Waals surface area contributed by atoms with E-state index in [0.717, 1.165) is 0 Å². The van der Waals surface area contributed by atoms with E-state index in [0.29, 0.717) is 25.2 Å². The molecule has 11 heteroatoms. The van der Waals surface area contributed by atoms with Gasteiger partial charge in [0.05, 0.1) is 26.3 Å². The lowest BCUT2D eigenvalue weighted by atomic mass is 9.93. The largest absolute Gasteiger partial charge is 0.393 e. The monoisotopic (exact) mass is 455 g/mol. The van der Waals surface area contributed by atoms with Crippen LogP contribution in [0.3, 0.4) is 0 Å². The quantitative estimate of drug-likeness (QED) is 0.540. The fourth-order valence-corrected chi connectivity index (χ4v) is 3.51. The predicted octanol–water partition coefficient (Wildman–Crippen LogP) is 3.66. The minimum Gasteiger partial charge on any atom is -0.393 e. The van der Waals surface area contributed by atoms with Gasteiger partial charge in [-0.05, 0) is 32.0 Å². The molecule has 1 aliphatic carbocycles. The van der Waals surface area contributed by atoms with Gasteiger partial charge in [-0.25, -0.2) is 23.1 Å². The minimum absolute atomic E-state index is 0.0698. The number of nitrogens with zero attached hydrogens (tertiary/aromatic N) is 4. The molecule has 1 saturated heterocycles. The molecule has 1 saturated carbocycles. The molecular weight excluding hydrogens is 425 g/mol. The molecule has 170 valence electrons. The van der Waals surface area contributed by atoms with E-state index in [-0.39, 0.29) is 23.7 Å². The number of aliphatic hydroxyl groups excluding tert-OH is 1. The van der Waals surface area contributed by atoms with Crippen molar-refractivity contribution in [1.82, 2.24) is 19.5 Å².